The van der Waals surface area contributed by atoms with Crippen molar-refractivity contribution in [2.45, 2.75) is 51.1 Å². The molecule has 0 unspecified atom stereocenters. The molecule has 2 atom stereocenters. The molecule has 0 bridgehead atoms. The molecule has 1 amide bonds. The third kappa shape index (κ3) is 3.15. The number of aromatic nitrogens is 2. The highest BCUT2D eigenvalue weighted by molar-refractivity contribution is 5.85. The third-order valence-electron chi connectivity index (χ3n) is 4.96. The fourth-order valence-corrected chi connectivity index (χ4v) is 3.63. The molecule has 2 heterocycles. The van der Waals surface area contributed by atoms with Crippen LogP contribution in [0.15, 0.2) is 12.4 Å². The molecular formula is C16H27ClN4O. The van der Waals surface area contributed by atoms with Crippen molar-refractivity contribution >= 4 is 18.3 Å². The van der Waals surface area contributed by atoms with E-state index >= 15 is 0 Å². The summed E-state index contributed by atoms with van der Waals surface area (Å²) in [7, 11) is 1.93. The number of aryl methyl sites for hydroxylation is 1. The highest BCUT2D eigenvalue weighted by atomic mass is 35.5. The second-order valence-electron chi connectivity index (χ2n) is 6.74. The van der Waals surface area contributed by atoms with Crippen LogP contribution < -0.4 is 5.32 Å². The molecule has 3 rings (SSSR count). The SMILES string of the molecule is CC(C)N(C(=O)[C@H]1CNC[C@@H]1c1cnn(C)c1)C1CCC1.Cl. The van der Waals surface area contributed by atoms with Gasteiger partial charge < -0.3 is 10.2 Å². The summed E-state index contributed by atoms with van der Waals surface area (Å²) in [5, 5.41) is 7.66. The molecule has 1 aromatic heterocycles. The van der Waals surface area contributed by atoms with Gasteiger partial charge in [-0.1, -0.05) is 0 Å². The second kappa shape index (κ2) is 7.01. The Morgan fingerprint density at radius 1 is 1.41 bits per heavy atom. The highest BCUT2D eigenvalue weighted by Gasteiger charge is 2.40. The van der Waals surface area contributed by atoms with Crippen molar-refractivity contribution in [2.75, 3.05) is 13.1 Å². The first kappa shape index (κ1) is 17.3. The lowest BCUT2D eigenvalue weighted by Crippen LogP contribution is -2.51. The van der Waals surface area contributed by atoms with Gasteiger partial charge in [0.2, 0.25) is 5.91 Å². The molecule has 1 saturated heterocycles. The molecule has 6 heteroatoms. The molecule has 2 aliphatic rings. The van der Waals surface area contributed by atoms with E-state index in [2.05, 4.69) is 29.2 Å². The fourth-order valence-electron chi connectivity index (χ4n) is 3.63. The normalized spacial score (nSPS) is 24.9. The summed E-state index contributed by atoms with van der Waals surface area (Å²) >= 11 is 0. The zero-order valence-corrected chi connectivity index (χ0v) is 14.5. The Labute approximate surface area is 138 Å². The van der Waals surface area contributed by atoms with Crippen LogP contribution in [0.4, 0.5) is 0 Å². The van der Waals surface area contributed by atoms with Gasteiger partial charge in [-0.25, -0.2) is 0 Å². The molecule has 1 saturated carbocycles. The number of rotatable bonds is 4. The Hall–Kier alpha value is -1.07. The average molecular weight is 327 g/mol. The van der Waals surface area contributed by atoms with Crippen LogP contribution in [0.25, 0.3) is 0 Å². The number of halogens is 1. The lowest BCUT2D eigenvalue weighted by Gasteiger charge is -2.42. The molecule has 0 spiro atoms. The molecule has 1 N–H and O–H groups in total. The highest BCUT2D eigenvalue weighted by Crippen LogP contribution is 2.33. The summed E-state index contributed by atoms with van der Waals surface area (Å²) in [6, 6.07) is 0.755. The van der Waals surface area contributed by atoms with E-state index in [0.717, 1.165) is 13.1 Å². The van der Waals surface area contributed by atoms with Crippen molar-refractivity contribution in [3.63, 3.8) is 0 Å². The number of nitrogens with one attached hydrogen (secondary N) is 1. The smallest absolute Gasteiger partial charge is 0.228 e. The van der Waals surface area contributed by atoms with E-state index in [-0.39, 0.29) is 30.3 Å². The maximum atomic E-state index is 13.1. The maximum absolute atomic E-state index is 13.1. The van der Waals surface area contributed by atoms with Gasteiger partial charge in [0.25, 0.3) is 0 Å². The van der Waals surface area contributed by atoms with Crippen molar-refractivity contribution in [3.05, 3.63) is 18.0 Å². The predicted octanol–water partition coefficient (Wildman–Crippen LogP) is 1.93. The van der Waals surface area contributed by atoms with E-state index in [0.29, 0.717) is 11.9 Å². The van der Waals surface area contributed by atoms with Gasteiger partial charge in [-0.05, 0) is 38.7 Å². The first-order valence-electron chi connectivity index (χ1n) is 8.09. The largest absolute Gasteiger partial charge is 0.337 e. The van der Waals surface area contributed by atoms with Crippen molar-refractivity contribution < 1.29 is 4.79 Å². The predicted molar refractivity (Wildman–Crippen MR) is 89.2 cm³/mol. The van der Waals surface area contributed by atoms with Crippen LogP contribution in [-0.2, 0) is 11.8 Å². The quantitative estimate of drug-likeness (QED) is 0.920. The van der Waals surface area contributed by atoms with Gasteiger partial charge in [0.1, 0.15) is 0 Å². The lowest BCUT2D eigenvalue weighted by molar-refractivity contribution is -0.141. The number of carbonyl (C=O) groups is 1. The van der Waals surface area contributed by atoms with E-state index in [4.69, 9.17) is 0 Å². The number of nitrogens with zero attached hydrogens (tertiary/aromatic N) is 3. The van der Waals surface area contributed by atoms with Crippen molar-refractivity contribution in [1.29, 1.82) is 0 Å². The molecule has 5 nitrogen and oxygen atoms in total. The first-order chi connectivity index (χ1) is 10.1. The van der Waals surface area contributed by atoms with Crippen molar-refractivity contribution in [1.82, 2.24) is 20.0 Å². The fraction of sp³-hybridized carbons (Fsp3) is 0.750. The van der Waals surface area contributed by atoms with Crippen LogP contribution in [0.2, 0.25) is 0 Å². The van der Waals surface area contributed by atoms with Crippen LogP contribution >= 0.6 is 12.4 Å². The summed E-state index contributed by atoms with van der Waals surface area (Å²) in [6.07, 6.45) is 7.54. The standard InChI is InChI=1S/C16H26N4O.ClH/c1-11(2)20(13-5-4-6-13)16(21)15-9-17-8-14(15)12-7-18-19(3)10-12;/h7,10-11,13-15,17H,4-6,8-9H2,1-3H3;1H/t14-,15+;/m1./s1. The molecule has 1 aromatic rings. The first-order valence-corrected chi connectivity index (χ1v) is 8.09. The average Bonchev–Trinajstić information content (AvgIpc) is 3.00. The van der Waals surface area contributed by atoms with E-state index < -0.39 is 0 Å². The zero-order chi connectivity index (χ0) is 15.0. The van der Waals surface area contributed by atoms with E-state index in [1.54, 1.807) is 0 Å². The van der Waals surface area contributed by atoms with Crippen LogP contribution in [0.5, 0.6) is 0 Å². The molecule has 0 aromatic carbocycles. The molecule has 1 aliphatic heterocycles. The minimum Gasteiger partial charge on any atom is -0.337 e. The van der Waals surface area contributed by atoms with E-state index in [1.807, 2.05) is 24.1 Å². The Bertz CT molecular complexity index is 512. The lowest BCUT2D eigenvalue weighted by atomic mass is 9.85. The van der Waals surface area contributed by atoms with Gasteiger partial charge in [0.15, 0.2) is 0 Å². The Morgan fingerprint density at radius 2 is 2.14 bits per heavy atom. The van der Waals surface area contributed by atoms with Crippen LogP contribution in [0, 0.1) is 5.92 Å². The van der Waals surface area contributed by atoms with Gasteiger partial charge in [0.05, 0.1) is 12.1 Å². The Morgan fingerprint density at radius 3 is 2.64 bits per heavy atom. The molecule has 2 fully saturated rings. The molecule has 0 radical (unpaired) electrons. The summed E-state index contributed by atoms with van der Waals surface area (Å²) in [6.45, 7) is 5.93. The van der Waals surface area contributed by atoms with E-state index in [1.165, 1.54) is 24.8 Å². The van der Waals surface area contributed by atoms with Crippen LogP contribution in [0.3, 0.4) is 0 Å². The Balaban J connectivity index is 0.00000176. The maximum Gasteiger partial charge on any atom is 0.228 e. The number of amides is 1. The minimum atomic E-state index is 0. The monoisotopic (exact) mass is 326 g/mol. The number of hydrogen-bond donors (Lipinski definition) is 1. The molecule has 124 valence electrons. The van der Waals surface area contributed by atoms with Gasteiger partial charge in [-0.15, -0.1) is 12.4 Å². The summed E-state index contributed by atoms with van der Waals surface area (Å²) in [4.78, 5) is 15.2. The zero-order valence-electron chi connectivity index (χ0n) is 13.7. The summed E-state index contributed by atoms with van der Waals surface area (Å²) < 4.78 is 1.82. The Kier molecular flexibility index (Phi) is 5.50. The van der Waals surface area contributed by atoms with Gasteiger partial charge in [-0.3, -0.25) is 9.48 Å². The number of hydrogen-bond acceptors (Lipinski definition) is 3. The van der Waals surface area contributed by atoms with Gasteiger partial charge >= 0.3 is 0 Å². The second-order valence-corrected chi connectivity index (χ2v) is 6.74. The van der Waals surface area contributed by atoms with Crippen LogP contribution in [0.1, 0.15) is 44.6 Å². The van der Waals surface area contributed by atoms with E-state index in [9.17, 15) is 4.79 Å². The van der Waals surface area contributed by atoms with Gasteiger partial charge in [0, 0.05) is 44.3 Å². The topological polar surface area (TPSA) is 50.2 Å². The summed E-state index contributed by atoms with van der Waals surface area (Å²) in [5.41, 5.74) is 1.18. The number of carbonyl (C=O) groups excluding carboxylic acids is 1. The van der Waals surface area contributed by atoms with Gasteiger partial charge in [-0.2, -0.15) is 5.10 Å². The molecule has 1 aliphatic carbocycles. The third-order valence-corrected chi connectivity index (χ3v) is 4.96. The minimum absolute atomic E-state index is 0. The van der Waals surface area contributed by atoms with Crippen LogP contribution in [-0.4, -0.2) is 45.8 Å². The summed E-state index contributed by atoms with van der Waals surface area (Å²) in [5.74, 6) is 0.637. The molecule has 22 heavy (non-hydrogen) atoms. The van der Waals surface area contributed by atoms with Crippen molar-refractivity contribution in [3.8, 4) is 0 Å². The van der Waals surface area contributed by atoms with Crippen molar-refractivity contribution in [2.24, 2.45) is 13.0 Å². The molecular weight excluding hydrogens is 300 g/mol.